The lowest BCUT2D eigenvalue weighted by atomic mass is 9.97. The third-order valence-electron chi connectivity index (χ3n) is 3.44. The lowest BCUT2D eigenvalue weighted by molar-refractivity contribution is -0.138. The van der Waals surface area contributed by atoms with Crippen molar-refractivity contribution in [2.24, 2.45) is 0 Å². The highest BCUT2D eigenvalue weighted by atomic mass is 19.4. The Labute approximate surface area is 118 Å². The molecule has 5 nitrogen and oxygen atoms in total. The van der Waals surface area contributed by atoms with Crippen LogP contribution in [0.15, 0.2) is 24.3 Å². The molecule has 1 unspecified atom stereocenters. The number of anilines is 1. The van der Waals surface area contributed by atoms with Crippen molar-refractivity contribution in [3.8, 4) is 0 Å². The SMILES string of the molecule is OCc1nc2n(n1)C(c1ccccc1C(F)(F)F)CCN2. The Kier molecular flexibility index (Phi) is 3.32. The molecule has 8 heteroatoms. The molecule has 1 atom stereocenters. The van der Waals surface area contributed by atoms with Gasteiger partial charge in [0.1, 0.15) is 6.61 Å². The Morgan fingerprint density at radius 2 is 2.10 bits per heavy atom. The van der Waals surface area contributed by atoms with Gasteiger partial charge in [-0.1, -0.05) is 18.2 Å². The van der Waals surface area contributed by atoms with Crippen LogP contribution in [0.5, 0.6) is 0 Å². The van der Waals surface area contributed by atoms with Crippen LogP contribution in [-0.2, 0) is 12.8 Å². The van der Waals surface area contributed by atoms with Crippen molar-refractivity contribution >= 4 is 5.95 Å². The first kappa shape index (κ1) is 13.9. The van der Waals surface area contributed by atoms with Crippen LogP contribution in [0.4, 0.5) is 19.1 Å². The summed E-state index contributed by atoms with van der Waals surface area (Å²) < 4.78 is 40.9. The van der Waals surface area contributed by atoms with E-state index in [1.54, 1.807) is 6.07 Å². The van der Waals surface area contributed by atoms with E-state index in [4.69, 9.17) is 5.11 Å². The second-order valence-corrected chi connectivity index (χ2v) is 4.77. The predicted octanol–water partition coefficient (Wildman–Crippen LogP) is 2.19. The van der Waals surface area contributed by atoms with Gasteiger partial charge in [0.05, 0.1) is 11.6 Å². The van der Waals surface area contributed by atoms with Crippen LogP contribution >= 0.6 is 0 Å². The number of aromatic nitrogens is 3. The molecule has 2 aromatic rings. The highest BCUT2D eigenvalue weighted by molar-refractivity contribution is 5.37. The number of hydrogen-bond acceptors (Lipinski definition) is 4. The van der Waals surface area contributed by atoms with E-state index in [0.29, 0.717) is 18.9 Å². The molecule has 0 radical (unpaired) electrons. The van der Waals surface area contributed by atoms with Crippen LogP contribution in [0, 0.1) is 0 Å². The van der Waals surface area contributed by atoms with Gasteiger partial charge in [-0.05, 0) is 18.1 Å². The molecule has 2 heterocycles. The molecular weight excluding hydrogens is 285 g/mol. The summed E-state index contributed by atoms with van der Waals surface area (Å²) in [5.41, 5.74) is -0.494. The molecule has 0 bridgehead atoms. The molecule has 1 aromatic heterocycles. The van der Waals surface area contributed by atoms with E-state index < -0.39 is 17.8 Å². The molecule has 0 saturated carbocycles. The number of nitrogens with zero attached hydrogens (tertiary/aromatic N) is 3. The van der Waals surface area contributed by atoms with E-state index in [0.717, 1.165) is 6.07 Å². The number of nitrogens with one attached hydrogen (secondary N) is 1. The second-order valence-electron chi connectivity index (χ2n) is 4.77. The first-order valence-corrected chi connectivity index (χ1v) is 6.47. The van der Waals surface area contributed by atoms with E-state index in [-0.39, 0.29) is 18.0 Å². The summed E-state index contributed by atoms with van der Waals surface area (Å²) in [6.45, 7) is 0.149. The monoisotopic (exact) mass is 298 g/mol. The largest absolute Gasteiger partial charge is 0.416 e. The minimum atomic E-state index is -4.41. The minimum Gasteiger partial charge on any atom is -0.388 e. The lowest BCUT2D eigenvalue weighted by Gasteiger charge is -2.27. The summed E-state index contributed by atoms with van der Waals surface area (Å²) >= 11 is 0. The fourth-order valence-electron chi connectivity index (χ4n) is 2.55. The average Bonchev–Trinajstić information content (AvgIpc) is 2.89. The Morgan fingerprint density at radius 3 is 2.81 bits per heavy atom. The second kappa shape index (κ2) is 5.03. The molecular formula is C13H13F3N4O. The van der Waals surface area contributed by atoms with E-state index in [1.807, 2.05) is 0 Å². The smallest absolute Gasteiger partial charge is 0.388 e. The average molecular weight is 298 g/mol. The maximum absolute atomic E-state index is 13.1. The van der Waals surface area contributed by atoms with Gasteiger partial charge in [-0.3, -0.25) is 0 Å². The quantitative estimate of drug-likeness (QED) is 0.892. The number of aliphatic hydroxyl groups is 1. The third kappa shape index (κ3) is 2.46. The van der Waals surface area contributed by atoms with Crippen molar-refractivity contribution in [3.63, 3.8) is 0 Å². The molecule has 0 fully saturated rings. The Hall–Kier alpha value is -2.09. The number of aliphatic hydroxyl groups excluding tert-OH is 1. The molecule has 0 aliphatic carbocycles. The number of hydrogen-bond donors (Lipinski definition) is 2. The standard InChI is InChI=1S/C13H13F3N4O/c14-13(15,16)9-4-2-1-3-8(9)10-5-6-17-12-18-11(7-21)19-20(10)12/h1-4,10,21H,5-7H2,(H,17,18,19). The third-order valence-corrected chi connectivity index (χ3v) is 3.44. The Balaban J connectivity index is 2.09. The molecule has 0 amide bonds. The van der Waals surface area contributed by atoms with Gasteiger partial charge in [-0.25, -0.2) is 4.68 Å². The van der Waals surface area contributed by atoms with E-state index in [9.17, 15) is 13.2 Å². The number of benzene rings is 1. The summed E-state index contributed by atoms with van der Waals surface area (Å²) in [4.78, 5) is 4.05. The van der Waals surface area contributed by atoms with Crippen molar-refractivity contribution in [1.82, 2.24) is 14.8 Å². The van der Waals surface area contributed by atoms with Crippen molar-refractivity contribution in [3.05, 3.63) is 41.2 Å². The summed E-state index contributed by atoms with van der Waals surface area (Å²) in [5, 5.41) is 16.1. The number of alkyl halides is 3. The molecule has 112 valence electrons. The zero-order chi connectivity index (χ0) is 15.0. The highest BCUT2D eigenvalue weighted by Gasteiger charge is 2.36. The molecule has 2 N–H and O–H groups in total. The zero-order valence-corrected chi connectivity index (χ0v) is 10.9. The van der Waals surface area contributed by atoms with Gasteiger partial charge in [-0.2, -0.15) is 23.3 Å². The predicted molar refractivity (Wildman–Crippen MR) is 68.6 cm³/mol. The molecule has 0 spiro atoms. The van der Waals surface area contributed by atoms with Gasteiger partial charge in [0.15, 0.2) is 5.82 Å². The fraction of sp³-hybridized carbons (Fsp3) is 0.385. The van der Waals surface area contributed by atoms with Gasteiger partial charge in [-0.15, -0.1) is 0 Å². The van der Waals surface area contributed by atoms with Crippen LogP contribution < -0.4 is 5.32 Å². The zero-order valence-electron chi connectivity index (χ0n) is 10.9. The Morgan fingerprint density at radius 1 is 1.33 bits per heavy atom. The van der Waals surface area contributed by atoms with Crippen LogP contribution in [0.2, 0.25) is 0 Å². The van der Waals surface area contributed by atoms with E-state index in [1.165, 1.54) is 16.8 Å². The summed E-state index contributed by atoms with van der Waals surface area (Å²) in [7, 11) is 0. The van der Waals surface area contributed by atoms with Crippen molar-refractivity contribution < 1.29 is 18.3 Å². The van der Waals surface area contributed by atoms with E-state index >= 15 is 0 Å². The highest BCUT2D eigenvalue weighted by Crippen LogP contribution is 2.38. The van der Waals surface area contributed by atoms with Gasteiger partial charge < -0.3 is 10.4 Å². The van der Waals surface area contributed by atoms with Gasteiger partial charge in [0, 0.05) is 6.54 Å². The topological polar surface area (TPSA) is 63.0 Å². The number of fused-ring (bicyclic) bond motifs is 1. The maximum atomic E-state index is 13.1. The molecule has 0 saturated heterocycles. The van der Waals surface area contributed by atoms with Crippen LogP contribution in [0.3, 0.4) is 0 Å². The Bertz CT molecular complexity index is 653. The summed E-state index contributed by atoms with van der Waals surface area (Å²) in [6, 6.07) is 4.93. The minimum absolute atomic E-state index is 0.169. The fourth-order valence-corrected chi connectivity index (χ4v) is 2.55. The molecule has 1 aromatic carbocycles. The first-order chi connectivity index (χ1) is 10.0. The van der Waals surface area contributed by atoms with E-state index in [2.05, 4.69) is 15.4 Å². The molecule has 3 rings (SSSR count). The first-order valence-electron chi connectivity index (χ1n) is 6.47. The molecule has 1 aliphatic rings. The van der Waals surface area contributed by atoms with Crippen molar-refractivity contribution in [2.45, 2.75) is 25.2 Å². The van der Waals surface area contributed by atoms with Crippen LogP contribution in [0.25, 0.3) is 0 Å². The summed E-state index contributed by atoms with van der Waals surface area (Å²) in [6.07, 6.45) is -3.95. The van der Waals surface area contributed by atoms with Crippen LogP contribution in [0.1, 0.15) is 29.4 Å². The number of halogens is 3. The van der Waals surface area contributed by atoms with Crippen molar-refractivity contribution in [1.29, 1.82) is 0 Å². The lowest BCUT2D eigenvalue weighted by Crippen LogP contribution is -2.26. The number of rotatable bonds is 2. The molecule has 21 heavy (non-hydrogen) atoms. The summed E-state index contributed by atoms with van der Waals surface area (Å²) in [5.74, 6) is 0.571. The maximum Gasteiger partial charge on any atom is 0.416 e. The van der Waals surface area contributed by atoms with Crippen LogP contribution in [-0.4, -0.2) is 26.4 Å². The molecule has 1 aliphatic heterocycles. The van der Waals surface area contributed by atoms with Crippen molar-refractivity contribution in [2.75, 3.05) is 11.9 Å². The van der Waals surface area contributed by atoms with Gasteiger partial charge >= 0.3 is 6.18 Å². The van der Waals surface area contributed by atoms with Gasteiger partial charge in [0.2, 0.25) is 5.95 Å². The normalized spacial score (nSPS) is 18.2. The van der Waals surface area contributed by atoms with Gasteiger partial charge in [0.25, 0.3) is 0 Å².